The van der Waals surface area contributed by atoms with Crippen LogP contribution in [0.15, 0.2) is 65.1 Å². The summed E-state index contributed by atoms with van der Waals surface area (Å²) >= 11 is 2.98. The minimum atomic E-state index is 0.0618. The zero-order valence-electron chi connectivity index (χ0n) is 12.5. The summed E-state index contributed by atoms with van der Waals surface area (Å²) in [7, 11) is 0. The Labute approximate surface area is 146 Å². The van der Waals surface area contributed by atoms with Gasteiger partial charge in [0.2, 0.25) is 5.16 Å². The second-order valence-corrected chi connectivity index (χ2v) is 6.92. The van der Waals surface area contributed by atoms with Crippen LogP contribution in [0.4, 0.5) is 0 Å². The number of thiophene rings is 1. The van der Waals surface area contributed by atoms with E-state index >= 15 is 0 Å². The van der Waals surface area contributed by atoms with Crippen LogP contribution in [0.1, 0.15) is 10.4 Å². The highest BCUT2D eigenvalue weighted by atomic mass is 32.2. The third-order valence-corrected chi connectivity index (χ3v) is 5.25. The van der Waals surface area contributed by atoms with E-state index in [1.165, 1.54) is 11.8 Å². The molecule has 3 heterocycles. The van der Waals surface area contributed by atoms with Crippen LogP contribution < -0.4 is 0 Å². The number of nitrogens with zero attached hydrogens (tertiary/aromatic N) is 4. The molecule has 118 valence electrons. The molecule has 5 nitrogen and oxygen atoms in total. The van der Waals surface area contributed by atoms with Crippen LogP contribution in [0.2, 0.25) is 0 Å². The second-order valence-electron chi connectivity index (χ2n) is 5.03. The minimum absolute atomic E-state index is 0.0618. The summed E-state index contributed by atoms with van der Waals surface area (Å²) in [6.45, 7) is 0. The molecule has 4 aromatic rings. The van der Waals surface area contributed by atoms with Crippen LogP contribution in [-0.4, -0.2) is 31.3 Å². The molecule has 7 heteroatoms. The Morgan fingerprint density at radius 3 is 2.71 bits per heavy atom. The molecule has 0 bridgehead atoms. The lowest BCUT2D eigenvalue weighted by Crippen LogP contribution is -2.03. The summed E-state index contributed by atoms with van der Waals surface area (Å²) in [4.78, 5) is 13.3. The minimum Gasteiger partial charge on any atom is -0.293 e. The first-order valence-corrected chi connectivity index (χ1v) is 9.15. The van der Waals surface area contributed by atoms with Crippen molar-refractivity contribution in [3.05, 3.63) is 65.5 Å². The van der Waals surface area contributed by atoms with Crippen molar-refractivity contribution in [3.63, 3.8) is 0 Å². The number of Topliss-reactive ketones (excluding diaryl/α,β-unsaturated/α-hetero) is 1. The highest BCUT2D eigenvalue weighted by Crippen LogP contribution is 2.24. The molecule has 0 atom stereocenters. The molecule has 0 amide bonds. The Morgan fingerprint density at radius 2 is 1.92 bits per heavy atom. The quantitative estimate of drug-likeness (QED) is 0.403. The zero-order chi connectivity index (χ0) is 16.4. The van der Waals surface area contributed by atoms with Gasteiger partial charge in [-0.1, -0.05) is 48.2 Å². The molecular weight excluding hydrogens is 340 g/mol. The van der Waals surface area contributed by atoms with E-state index in [1.807, 2.05) is 60.0 Å². The molecule has 4 rings (SSSR count). The fraction of sp³-hybridized carbons (Fsp3) is 0.0588. The molecule has 0 radical (unpaired) electrons. The number of hydrogen-bond acceptors (Lipinski definition) is 6. The maximum absolute atomic E-state index is 12.2. The smallest absolute Gasteiger partial charge is 0.212 e. The van der Waals surface area contributed by atoms with E-state index in [-0.39, 0.29) is 5.78 Å². The van der Waals surface area contributed by atoms with Gasteiger partial charge in [-0.25, -0.2) is 0 Å². The van der Waals surface area contributed by atoms with Crippen molar-refractivity contribution in [1.82, 2.24) is 19.8 Å². The number of hydrogen-bond donors (Lipinski definition) is 0. The number of rotatable bonds is 5. The third kappa shape index (κ3) is 2.95. The lowest BCUT2D eigenvalue weighted by atomic mass is 10.2. The standard InChI is InChI=1S/C17H12N4OS2/c22-14(12-5-2-1-3-6-12)11-24-17-19-18-16-9-8-13(20-21(16)17)15-7-4-10-23-15/h1-10H,11H2. The summed E-state index contributed by atoms with van der Waals surface area (Å²) in [5, 5.41) is 15.5. The van der Waals surface area contributed by atoms with Gasteiger partial charge in [-0.15, -0.1) is 21.5 Å². The lowest BCUT2D eigenvalue weighted by Gasteiger charge is -2.02. The van der Waals surface area contributed by atoms with Crippen molar-refractivity contribution in [1.29, 1.82) is 0 Å². The van der Waals surface area contributed by atoms with E-state index in [2.05, 4.69) is 15.3 Å². The van der Waals surface area contributed by atoms with Crippen LogP contribution in [0.5, 0.6) is 0 Å². The van der Waals surface area contributed by atoms with Crippen molar-refractivity contribution in [2.75, 3.05) is 5.75 Å². The van der Waals surface area contributed by atoms with Crippen LogP contribution in [0, 0.1) is 0 Å². The Bertz CT molecular complexity index is 980. The maximum Gasteiger partial charge on any atom is 0.212 e. The van der Waals surface area contributed by atoms with Crippen LogP contribution in [0.25, 0.3) is 16.2 Å². The highest BCUT2D eigenvalue weighted by Gasteiger charge is 2.12. The molecule has 1 aromatic carbocycles. The third-order valence-electron chi connectivity index (χ3n) is 3.44. The van der Waals surface area contributed by atoms with Crippen LogP contribution in [-0.2, 0) is 0 Å². The molecule has 0 N–H and O–H groups in total. The molecule has 0 saturated heterocycles. The SMILES string of the molecule is O=C(CSc1nnc2ccc(-c3cccs3)nn12)c1ccccc1. The largest absolute Gasteiger partial charge is 0.293 e. The van der Waals surface area contributed by atoms with E-state index in [1.54, 1.807) is 15.9 Å². The normalized spacial score (nSPS) is 11.0. The number of carbonyl (C=O) groups is 1. The topological polar surface area (TPSA) is 60.2 Å². The van der Waals surface area contributed by atoms with Gasteiger partial charge in [-0.05, 0) is 23.6 Å². The summed E-state index contributed by atoms with van der Waals surface area (Å²) in [5.41, 5.74) is 2.24. The molecular formula is C17H12N4OS2. The van der Waals surface area contributed by atoms with E-state index in [0.29, 0.717) is 22.1 Å². The predicted octanol–water partition coefficient (Wildman–Crippen LogP) is 3.83. The second kappa shape index (κ2) is 6.54. The number of carbonyl (C=O) groups excluding carboxylic acids is 1. The Morgan fingerprint density at radius 1 is 1.04 bits per heavy atom. The van der Waals surface area contributed by atoms with Crippen molar-refractivity contribution in [3.8, 4) is 10.6 Å². The van der Waals surface area contributed by atoms with Gasteiger partial charge in [0.05, 0.1) is 10.6 Å². The van der Waals surface area contributed by atoms with Gasteiger partial charge in [0, 0.05) is 5.56 Å². The number of benzene rings is 1. The predicted molar refractivity (Wildman–Crippen MR) is 95.6 cm³/mol. The van der Waals surface area contributed by atoms with E-state index in [9.17, 15) is 4.79 Å². The van der Waals surface area contributed by atoms with Gasteiger partial charge < -0.3 is 0 Å². The van der Waals surface area contributed by atoms with Crippen LogP contribution >= 0.6 is 23.1 Å². The van der Waals surface area contributed by atoms with Gasteiger partial charge in [0.25, 0.3) is 0 Å². The summed E-state index contributed by atoms with van der Waals surface area (Å²) in [6, 6.07) is 17.1. The molecule has 3 aromatic heterocycles. The van der Waals surface area contributed by atoms with Crippen molar-refractivity contribution >= 4 is 34.5 Å². The number of aromatic nitrogens is 4. The Kier molecular flexibility index (Phi) is 4.10. The average Bonchev–Trinajstić information content (AvgIpc) is 3.30. The summed E-state index contributed by atoms with van der Waals surface area (Å²) in [6.07, 6.45) is 0. The van der Waals surface area contributed by atoms with Crippen molar-refractivity contribution in [2.24, 2.45) is 0 Å². The fourth-order valence-electron chi connectivity index (χ4n) is 2.25. The summed E-state index contributed by atoms with van der Waals surface area (Å²) in [5.74, 6) is 0.363. The average molecular weight is 352 g/mol. The van der Waals surface area contributed by atoms with Gasteiger partial charge in [-0.2, -0.15) is 9.61 Å². The Hall–Kier alpha value is -2.51. The first-order valence-electron chi connectivity index (χ1n) is 7.29. The van der Waals surface area contributed by atoms with E-state index in [4.69, 9.17) is 0 Å². The first kappa shape index (κ1) is 15.0. The highest BCUT2D eigenvalue weighted by molar-refractivity contribution is 7.99. The fourth-order valence-corrected chi connectivity index (χ4v) is 3.72. The molecule has 0 aliphatic rings. The number of ketones is 1. The van der Waals surface area contributed by atoms with Crippen molar-refractivity contribution in [2.45, 2.75) is 5.16 Å². The molecule has 0 saturated carbocycles. The van der Waals surface area contributed by atoms with Gasteiger partial charge in [0.1, 0.15) is 5.69 Å². The first-order chi connectivity index (χ1) is 11.8. The lowest BCUT2D eigenvalue weighted by molar-refractivity contribution is 0.102. The molecule has 0 aliphatic heterocycles. The Balaban J connectivity index is 1.58. The number of thioether (sulfide) groups is 1. The molecule has 0 fully saturated rings. The van der Waals surface area contributed by atoms with E-state index < -0.39 is 0 Å². The molecule has 24 heavy (non-hydrogen) atoms. The van der Waals surface area contributed by atoms with Gasteiger partial charge in [0.15, 0.2) is 11.4 Å². The van der Waals surface area contributed by atoms with E-state index in [0.717, 1.165) is 10.6 Å². The summed E-state index contributed by atoms with van der Waals surface area (Å²) < 4.78 is 1.69. The van der Waals surface area contributed by atoms with Gasteiger partial charge >= 0.3 is 0 Å². The maximum atomic E-state index is 12.2. The molecule has 0 aliphatic carbocycles. The van der Waals surface area contributed by atoms with Gasteiger partial charge in [-0.3, -0.25) is 4.79 Å². The molecule has 0 spiro atoms. The molecule has 0 unspecified atom stereocenters. The van der Waals surface area contributed by atoms with Crippen LogP contribution in [0.3, 0.4) is 0 Å². The number of fused-ring (bicyclic) bond motifs is 1. The monoisotopic (exact) mass is 352 g/mol. The zero-order valence-corrected chi connectivity index (χ0v) is 14.1. The van der Waals surface area contributed by atoms with Crippen molar-refractivity contribution < 1.29 is 4.79 Å².